The molecule has 58 valence electrons. The number of alkyl halides is 2. The summed E-state index contributed by atoms with van der Waals surface area (Å²) in [7, 11) is 0. The van der Waals surface area contributed by atoms with Crippen molar-refractivity contribution in [3.05, 3.63) is 0 Å². The molecule has 4 atom stereocenters. The second-order valence-electron chi connectivity index (χ2n) is 3.23. The number of epoxide rings is 1. The zero-order chi connectivity index (χ0) is 8.28. The Bertz CT molecular complexity index is 197. The molecule has 0 radical (unpaired) electrons. The van der Waals surface area contributed by atoms with Gasteiger partial charge in [0, 0.05) is 9.15 Å². The molecule has 1 heterocycles. The standard InChI is InChI=1S/C7H10Br2O/c1-7(9)3-5-4(10-5)2-6(7)8/h4-6H,2-3H2,1H3/i4D. The first-order chi connectivity index (χ1) is 4.94. The van der Waals surface area contributed by atoms with Crippen molar-refractivity contribution in [1.29, 1.82) is 0 Å². The van der Waals surface area contributed by atoms with E-state index in [1.807, 2.05) is 0 Å². The van der Waals surface area contributed by atoms with E-state index in [1.54, 1.807) is 0 Å². The first-order valence-corrected chi connectivity index (χ1v) is 5.16. The van der Waals surface area contributed by atoms with Crippen LogP contribution in [0.25, 0.3) is 0 Å². The van der Waals surface area contributed by atoms with Crippen LogP contribution in [0.5, 0.6) is 0 Å². The molecule has 2 aliphatic rings. The maximum Gasteiger partial charge on any atom is 0.0856 e. The Morgan fingerprint density at radius 1 is 1.80 bits per heavy atom. The van der Waals surface area contributed by atoms with Gasteiger partial charge in [-0.15, -0.1) is 0 Å². The van der Waals surface area contributed by atoms with Gasteiger partial charge in [-0.3, -0.25) is 0 Å². The summed E-state index contributed by atoms with van der Waals surface area (Å²) in [4.78, 5) is 0.353. The molecular weight excluding hydrogens is 260 g/mol. The molecule has 0 N–H and O–H groups in total. The van der Waals surface area contributed by atoms with Crippen molar-refractivity contribution < 1.29 is 6.11 Å². The average molecular weight is 271 g/mol. The van der Waals surface area contributed by atoms with Crippen molar-refractivity contribution in [2.75, 3.05) is 0 Å². The lowest BCUT2D eigenvalue weighted by Gasteiger charge is -2.30. The summed E-state index contributed by atoms with van der Waals surface area (Å²) in [6, 6.07) is 0. The van der Waals surface area contributed by atoms with Crippen molar-refractivity contribution in [3.63, 3.8) is 0 Å². The van der Waals surface area contributed by atoms with Crippen LogP contribution in [0, 0.1) is 0 Å². The zero-order valence-electron chi connectivity index (χ0n) is 6.73. The molecule has 0 aromatic heterocycles. The van der Waals surface area contributed by atoms with E-state index in [-0.39, 0.29) is 10.4 Å². The van der Waals surface area contributed by atoms with Crippen LogP contribution in [-0.4, -0.2) is 21.3 Å². The summed E-state index contributed by atoms with van der Waals surface area (Å²) < 4.78 is 13.1. The summed E-state index contributed by atoms with van der Waals surface area (Å²) in [5.74, 6) is 0. The van der Waals surface area contributed by atoms with Gasteiger partial charge in [0.25, 0.3) is 0 Å². The van der Waals surface area contributed by atoms with Gasteiger partial charge in [0.05, 0.1) is 13.6 Å². The Labute approximate surface area is 79.2 Å². The molecule has 3 heteroatoms. The predicted octanol–water partition coefficient (Wildman–Crippen LogP) is 2.46. The maximum atomic E-state index is 7.73. The van der Waals surface area contributed by atoms with E-state index >= 15 is 0 Å². The van der Waals surface area contributed by atoms with Crippen molar-refractivity contribution in [2.45, 2.75) is 41.1 Å². The zero-order valence-corrected chi connectivity index (χ0v) is 8.91. The van der Waals surface area contributed by atoms with Gasteiger partial charge in [0.1, 0.15) is 0 Å². The lowest BCUT2D eigenvalue weighted by molar-refractivity contribution is 0.371. The highest BCUT2D eigenvalue weighted by atomic mass is 79.9. The molecule has 10 heavy (non-hydrogen) atoms. The average Bonchev–Trinajstić information content (AvgIpc) is 2.39. The second kappa shape index (κ2) is 2.20. The molecule has 0 aromatic rings. The van der Waals surface area contributed by atoms with Crippen molar-refractivity contribution >= 4 is 31.9 Å². The van der Waals surface area contributed by atoms with E-state index in [2.05, 4.69) is 38.8 Å². The van der Waals surface area contributed by atoms with E-state index in [0.717, 1.165) is 12.8 Å². The topological polar surface area (TPSA) is 12.5 Å². The molecular formula is C7H10Br2O. The summed E-state index contributed by atoms with van der Waals surface area (Å²) in [6.45, 7) is 2.15. The number of fused-ring (bicyclic) bond motifs is 1. The Morgan fingerprint density at radius 3 is 3.10 bits per heavy atom. The fraction of sp³-hybridized carbons (Fsp3) is 1.00. The molecule has 0 aromatic carbocycles. The van der Waals surface area contributed by atoms with Gasteiger partial charge in [-0.25, -0.2) is 0 Å². The number of ether oxygens (including phenoxy) is 1. The molecule has 1 saturated heterocycles. The summed E-state index contributed by atoms with van der Waals surface area (Å²) in [6.07, 6.45) is 1.34. The third kappa shape index (κ3) is 1.16. The molecule has 1 saturated carbocycles. The van der Waals surface area contributed by atoms with Crippen LogP contribution in [-0.2, 0) is 4.74 Å². The SMILES string of the molecule is [2H]C12CC(Br)C(C)(Br)CC1O2. The third-order valence-corrected chi connectivity index (χ3v) is 5.04. The summed E-state index contributed by atoms with van der Waals surface area (Å²) >= 11 is 7.20. The minimum Gasteiger partial charge on any atom is -0.369 e. The van der Waals surface area contributed by atoms with Gasteiger partial charge >= 0.3 is 0 Å². The Morgan fingerprint density at radius 2 is 2.50 bits per heavy atom. The molecule has 0 amide bonds. The third-order valence-electron chi connectivity index (χ3n) is 2.21. The largest absolute Gasteiger partial charge is 0.369 e. The Balaban J connectivity index is 2.13. The first-order valence-electron chi connectivity index (χ1n) is 3.95. The van der Waals surface area contributed by atoms with Crippen LogP contribution in [0.3, 0.4) is 0 Å². The Kier molecular flexibility index (Phi) is 1.42. The lowest BCUT2D eigenvalue weighted by Crippen LogP contribution is -2.35. The van der Waals surface area contributed by atoms with Crippen molar-refractivity contribution in [2.24, 2.45) is 0 Å². The molecule has 0 bridgehead atoms. The Hall–Kier alpha value is 0.920. The summed E-state index contributed by atoms with van der Waals surface area (Å²) in [5, 5.41) is 0. The number of rotatable bonds is 0. The van der Waals surface area contributed by atoms with Gasteiger partial charge in [-0.05, 0) is 19.8 Å². The monoisotopic (exact) mass is 269 g/mol. The molecule has 2 fully saturated rings. The number of hydrogen-bond donors (Lipinski definition) is 0. The molecule has 1 aliphatic heterocycles. The van der Waals surface area contributed by atoms with E-state index < -0.39 is 6.08 Å². The minimum atomic E-state index is -0.554. The fourth-order valence-corrected chi connectivity index (χ4v) is 2.33. The van der Waals surface area contributed by atoms with E-state index in [1.165, 1.54) is 0 Å². The van der Waals surface area contributed by atoms with Crippen molar-refractivity contribution in [1.82, 2.24) is 0 Å². The summed E-state index contributed by atoms with van der Waals surface area (Å²) in [5.41, 5.74) is 0. The highest BCUT2D eigenvalue weighted by molar-refractivity contribution is 9.12. The quantitative estimate of drug-likeness (QED) is 0.487. The van der Waals surface area contributed by atoms with Gasteiger partial charge in [0.2, 0.25) is 0 Å². The minimum absolute atomic E-state index is 0.110. The highest BCUT2D eigenvalue weighted by Gasteiger charge is 2.51. The van der Waals surface area contributed by atoms with Crippen LogP contribution < -0.4 is 0 Å². The smallest absolute Gasteiger partial charge is 0.0856 e. The van der Waals surface area contributed by atoms with Crippen LogP contribution in [0.1, 0.15) is 21.1 Å². The number of hydrogen-bond acceptors (Lipinski definition) is 1. The van der Waals surface area contributed by atoms with Crippen molar-refractivity contribution in [3.8, 4) is 0 Å². The lowest BCUT2D eigenvalue weighted by atomic mass is 9.91. The van der Waals surface area contributed by atoms with Gasteiger partial charge in [-0.2, -0.15) is 0 Å². The van der Waals surface area contributed by atoms with Crippen LogP contribution in [0.15, 0.2) is 0 Å². The van der Waals surface area contributed by atoms with E-state index in [9.17, 15) is 0 Å². The molecule has 1 aliphatic carbocycles. The van der Waals surface area contributed by atoms with Gasteiger partial charge in [-0.1, -0.05) is 31.9 Å². The van der Waals surface area contributed by atoms with Crippen LogP contribution >= 0.6 is 31.9 Å². The van der Waals surface area contributed by atoms with E-state index in [0.29, 0.717) is 4.83 Å². The second-order valence-corrected chi connectivity index (χ2v) is 6.14. The number of halogens is 2. The molecule has 2 rings (SSSR count). The molecule has 0 spiro atoms. The first kappa shape index (κ1) is 6.44. The van der Waals surface area contributed by atoms with Crippen LogP contribution in [0.4, 0.5) is 0 Å². The normalized spacial score (nSPS) is 68.5. The van der Waals surface area contributed by atoms with Gasteiger partial charge in [0.15, 0.2) is 0 Å². The maximum absolute atomic E-state index is 7.73. The predicted molar refractivity (Wildman–Crippen MR) is 47.9 cm³/mol. The molecule has 4 unspecified atom stereocenters. The fourth-order valence-electron chi connectivity index (χ4n) is 1.36. The van der Waals surface area contributed by atoms with Crippen LogP contribution in [0.2, 0.25) is 0 Å². The van der Waals surface area contributed by atoms with Gasteiger partial charge < -0.3 is 4.74 Å². The van der Waals surface area contributed by atoms with E-state index in [4.69, 9.17) is 6.11 Å². The highest BCUT2D eigenvalue weighted by Crippen LogP contribution is 2.48. The molecule has 1 nitrogen and oxygen atoms in total.